The number of anilines is 1. The minimum absolute atomic E-state index is 0.0617. The first-order valence-electron chi connectivity index (χ1n) is 21.3. The number of ether oxygens (including phenoxy) is 1. The Hall–Kier alpha value is -3.55. The lowest BCUT2D eigenvalue weighted by Crippen LogP contribution is -2.59. The molecule has 320 valence electrons. The number of piperidine rings is 1. The average molecular weight is 813 g/mol. The van der Waals surface area contributed by atoms with Crippen molar-refractivity contribution in [1.82, 2.24) is 25.8 Å². The normalized spacial score (nSPS) is 18.6. The molecule has 2 heterocycles. The maximum absolute atomic E-state index is 14.8. The van der Waals surface area contributed by atoms with Gasteiger partial charge in [0.05, 0.1) is 11.5 Å². The Morgan fingerprint density at radius 1 is 1.07 bits per heavy atom. The van der Waals surface area contributed by atoms with Gasteiger partial charge >= 0.3 is 5.97 Å². The second-order valence-corrected chi connectivity index (χ2v) is 18.1. The topological polar surface area (TPSA) is 176 Å². The number of amides is 3. The molecule has 1 aliphatic heterocycles. The predicted molar refractivity (Wildman–Crippen MR) is 229 cm³/mol. The lowest BCUT2D eigenvalue weighted by Gasteiger charge is -2.40. The fourth-order valence-electron chi connectivity index (χ4n) is 7.61. The van der Waals surface area contributed by atoms with E-state index in [4.69, 9.17) is 15.5 Å². The second kappa shape index (κ2) is 23.1. The summed E-state index contributed by atoms with van der Waals surface area (Å²) in [6, 6.07) is 5.65. The van der Waals surface area contributed by atoms with Crippen molar-refractivity contribution in [1.29, 1.82) is 0 Å². The summed E-state index contributed by atoms with van der Waals surface area (Å²) in [6.45, 7) is 19.6. The highest BCUT2D eigenvalue weighted by Crippen LogP contribution is 2.32. The highest BCUT2D eigenvalue weighted by molar-refractivity contribution is 7.09. The van der Waals surface area contributed by atoms with Gasteiger partial charge in [-0.3, -0.25) is 19.2 Å². The van der Waals surface area contributed by atoms with Gasteiger partial charge in [-0.1, -0.05) is 79.4 Å². The summed E-state index contributed by atoms with van der Waals surface area (Å²) in [7, 11) is 0. The summed E-state index contributed by atoms with van der Waals surface area (Å²) in [4.78, 5) is 61.1. The highest BCUT2D eigenvalue weighted by Gasteiger charge is 2.38. The molecule has 0 radical (unpaired) electrons. The van der Waals surface area contributed by atoms with Gasteiger partial charge in [0.1, 0.15) is 22.8 Å². The molecule has 1 fully saturated rings. The van der Waals surface area contributed by atoms with Crippen molar-refractivity contribution in [2.45, 2.75) is 157 Å². The van der Waals surface area contributed by atoms with Crippen LogP contribution in [-0.4, -0.2) is 82.5 Å². The number of carboxylic acids is 1. The van der Waals surface area contributed by atoms with Gasteiger partial charge < -0.3 is 36.4 Å². The molecule has 3 amide bonds. The number of nitrogen functional groups attached to an aromatic ring is 1. The molecule has 2 unspecified atom stereocenters. The monoisotopic (exact) mass is 813 g/mol. The third-order valence-corrected chi connectivity index (χ3v) is 12.4. The number of rotatable bonds is 24. The lowest BCUT2D eigenvalue weighted by atomic mass is 9.84. The summed E-state index contributed by atoms with van der Waals surface area (Å²) in [5.41, 5.74) is 6.59. The van der Waals surface area contributed by atoms with Crippen LogP contribution in [0.2, 0.25) is 0 Å². The van der Waals surface area contributed by atoms with Gasteiger partial charge in [-0.05, 0) is 94.9 Å². The van der Waals surface area contributed by atoms with E-state index in [2.05, 4.69) is 50.6 Å². The van der Waals surface area contributed by atoms with E-state index < -0.39 is 35.5 Å². The molecule has 3 rings (SSSR count). The Morgan fingerprint density at radius 2 is 1.77 bits per heavy atom. The smallest absolute Gasteiger partial charge is 0.309 e. The number of carbonyl (C=O) groups excluding carboxylic acids is 3. The Balaban J connectivity index is 1.90. The molecule has 1 aliphatic rings. The van der Waals surface area contributed by atoms with Crippen LogP contribution in [0.4, 0.5) is 5.69 Å². The molecule has 2 aromatic rings. The number of nitrogens with one attached hydrogen (secondary N) is 3. The van der Waals surface area contributed by atoms with E-state index in [1.165, 1.54) is 11.3 Å². The summed E-state index contributed by atoms with van der Waals surface area (Å²) in [5, 5.41) is 21.9. The second-order valence-electron chi connectivity index (χ2n) is 17.2. The van der Waals surface area contributed by atoms with E-state index in [9.17, 15) is 24.3 Å². The quantitative estimate of drug-likeness (QED) is 0.0535. The Morgan fingerprint density at radius 3 is 2.37 bits per heavy atom. The minimum Gasteiger partial charge on any atom is -0.481 e. The number of nitrogens with two attached hydrogens (primary N) is 1. The number of hydrogen-bond donors (Lipinski definition) is 5. The third-order valence-electron chi connectivity index (χ3n) is 11.5. The van der Waals surface area contributed by atoms with Crippen molar-refractivity contribution in [2.24, 2.45) is 23.2 Å². The minimum atomic E-state index is -1.08. The molecule has 1 aromatic carbocycles. The Kier molecular flexibility index (Phi) is 19.4. The molecule has 57 heavy (non-hydrogen) atoms. The van der Waals surface area contributed by atoms with Gasteiger partial charge in [-0.15, -0.1) is 11.3 Å². The van der Waals surface area contributed by atoms with Crippen LogP contribution in [0.1, 0.15) is 147 Å². The van der Waals surface area contributed by atoms with Gasteiger partial charge in [0.15, 0.2) is 0 Å². The van der Waals surface area contributed by atoms with Gasteiger partial charge in [0.25, 0.3) is 5.91 Å². The number of nitrogens with zero attached hydrogens (tertiary/aromatic N) is 2. The van der Waals surface area contributed by atoms with Crippen LogP contribution < -0.4 is 21.7 Å². The number of aromatic nitrogens is 1. The van der Waals surface area contributed by atoms with Gasteiger partial charge in [0.2, 0.25) is 11.8 Å². The maximum atomic E-state index is 14.8. The molecule has 7 atom stereocenters. The van der Waals surface area contributed by atoms with E-state index in [1.807, 2.05) is 30.9 Å². The molecular formula is C44H72N6O6S. The Labute approximate surface area is 345 Å². The molecule has 13 heteroatoms. The SMILES string of the molecule is CCCCCCN(C(=O)[C@@H](NC(=O)[C@H]1C[C@H](C)CCN1)[C@@H](C)CC)C(CC(OCC)c1nc(C(=O)N[C@@H](Cc2ccc(N)cc2)CC(C)(C)C(=O)O)cs1)C(C)C. The first-order chi connectivity index (χ1) is 27.0. The molecule has 6 N–H and O–H groups in total. The van der Waals surface area contributed by atoms with E-state index in [0.717, 1.165) is 57.1 Å². The van der Waals surface area contributed by atoms with E-state index in [1.54, 1.807) is 31.4 Å². The van der Waals surface area contributed by atoms with E-state index in [0.29, 0.717) is 42.6 Å². The standard InChI is InChI=1S/C44H72N6O6S/c1-10-13-14-15-22-50(42(53)38(30(7)11-2)49-39(51)34-23-29(6)20-21-46-34)36(28(4)5)25-37(56-12-3)41-48-35(27-57-41)40(52)47-33(26-44(8,9)43(54)55)24-31-16-18-32(45)19-17-31/h16-19,27-30,33-34,36-38,46H,10-15,20-26,45H2,1-9H3,(H,47,52)(H,49,51)(H,54,55)/t29-,30+,33+,34-,36?,37?,38+/m1/s1. The van der Waals surface area contributed by atoms with Gasteiger partial charge in [-0.2, -0.15) is 0 Å². The van der Waals surface area contributed by atoms with E-state index in [-0.39, 0.29) is 47.8 Å². The molecule has 0 spiro atoms. The first kappa shape index (κ1) is 47.8. The average Bonchev–Trinajstić information content (AvgIpc) is 3.66. The molecule has 1 saturated heterocycles. The van der Waals surface area contributed by atoms with E-state index >= 15 is 0 Å². The fourth-order valence-corrected chi connectivity index (χ4v) is 8.47. The van der Waals surface area contributed by atoms with Crippen molar-refractivity contribution in [3.8, 4) is 0 Å². The number of unbranched alkanes of at least 4 members (excludes halogenated alkanes) is 3. The van der Waals surface area contributed by atoms with Crippen molar-refractivity contribution in [3.63, 3.8) is 0 Å². The largest absolute Gasteiger partial charge is 0.481 e. The maximum Gasteiger partial charge on any atom is 0.309 e. The van der Waals surface area contributed by atoms with Crippen LogP contribution in [-0.2, 0) is 25.5 Å². The van der Waals surface area contributed by atoms with Crippen molar-refractivity contribution in [3.05, 3.63) is 45.9 Å². The van der Waals surface area contributed by atoms with Crippen molar-refractivity contribution < 1.29 is 29.0 Å². The predicted octanol–water partition coefficient (Wildman–Crippen LogP) is 7.39. The number of thiazole rings is 1. The number of hydrogen-bond acceptors (Lipinski definition) is 9. The molecule has 0 saturated carbocycles. The van der Waals surface area contributed by atoms with Crippen LogP contribution in [0.3, 0.4) is 0 Å². The molecule has 1 aromatic heterocycles. The number of carboxylic acid groups (broad SMARTS) is 1. The summed E-state index contributed by atoms with van der Waals surface area (Å²) < 4.78 is 6.34. The Bertz CT molecular complexity index is 1560. The molecule has 0 bridgehead atoms. The number of benzene rings is 1. The lowest BCUT2D eigenvalue weighted by molar-refractivity contribution is -0.147. The summed E-state index contributed by atoms with van der Waals surface area (Å²) >= 11 is 1.34. The fraction of sp³-hybridized carbons (Fsp3) is 0.705. The zero-order valence-corrected chi connectivity index (χ0v) is 36.9. The van der Waals surface area contributed by atoms with Crippen LogP contribution in [0.15, 0.2) is 29.6 Å². The number of aliphatic carboxylic acids is 1. The first-order valence-corrected chi connectivity index (χ1v) is 22.2. The summed E-state index contributed by atoms with van der Waals surface area (Å²) in [6.07, 6.45) is 7.13. The highest BCUT2D eigenvalue weighted by atomic mass is 32.1. The number of carbonyl (C=O) groups is 4. The zero-order valence-electron chi connectivity index (χ0n) is 36.1. The van der Waals surface area contributed by atoms with Crippen LogP contribution >= 0.6 is 11.3 Å². The van der Waals surface area contributed by atoms with Gasteiger partial charge in [0, 0.05) is 42.7 Å². The van der Waals surface area contributed by atoms with Crippen LogP contribution in [0, 0.1) is 23.2 Å². The molecular weight excluding hydrogens is 741 g/mol. The third kappa shape index (κ3) is 14.7. The van der Waals surface area contributed by atoms with Gasteiger partial charge in [-0.25, -0.2) is 4.98 Å². The van der Waals surface area contributed by atoms with Crippen LogP contribution in [0.5, 0.6) is 0 Å². The van der Waals surface area contributed by atoms with Crippen molar-refractivity contribution in [2.75, 3.05) is 25.4 Å². The summed E-state index contributed by atoms with van der Waals surface area (Å²) in [5.74, 6) is -1.09. The molecule has 0 aliphatic carbocycles. The zero-order chi connectivity index (χ0) is 42.3. The van der Waals surface area contributed by atoms with Crippen LogP contribution in [0.25, 0.3) is 0 Å². The molecule has 12 nitrogen and oxygen atoms in total. The van der Waals surface area contributed by atoms with Crippen molar-refractivity contribution >= 4 is 40.7 Å².